The number of hydrogen-bond donors (Lipinski definition) is 1. The molecule has 0 aromatic heterocycles. The smallest absolute Gasteiger partial charge is 0.261 e. The van der Waals surface area contributed by atoms with Gasteiger partial charge < -0.3 is 15.0 Å². The van der Waals surface area contributed by atoms with Crippen LogP contribution < -0.4 is 10.1 Å². The molecule has 3 rings (SSSR count). The van der Waals surface area contributed by atoms with Gasteiger partial charge in [-0.1, -0.05) is 66.5 Å². The van der Waals surface area contributed by atoms with Crippen molar-refractivity contribution in [3.05, 3.63) is 74.7 Å². The maximum Gasteiger partial charge on any atom is 0.261 e. The zero-order chi connectivity index (χ0) is 24.8. The van der Waals surface area contributed by atoms with Gasteiger partial charge >= 0.3 is 0 Å². The molecule has 2 atom stereocenters. The monoisotopic (exact) mass is 564 g/mol. The van der Waals surface area contributed by atoms with Gasteiger partial charge in [0, 0.05) is 28.2 Å². The molecule has 0 saturated heterocycles. The van der Waals surface area contributed by atoms with Crippen molar-refractivity contribution in [2.24, 2.45) is 0 Å². The van der Waals surface area contributed by atoms with E-state index in [0.717, 1.165) is 21.7 Å². The molecule has 0 aliphatic rings. The maximum atomic E-state index is 13.3. The summed E-state index contributed by atoms with van der Waals surface area (Å²) in [6, 6.07) is 16.0. The molecule has 0 fully saturated rings. The minimum absolute atomic E-state index is 0.0133. The van der Waals surface area contributed by atoms with Crippen LogP contribution in [0, 0.1) is 0 Å². The van der Waals surface area contributed by atoms with Gasteiger partial charge in [0.05, 0.1) is 4.47 Å². The van der Waals surface area contributed by atoms with E-state index in [2.05, 4.69) is 21.2 Å². The molecule has 3 aromatic carbocycles. The Bertz CT molecular complexity index is 1170. The highest BCUT2D eigenvalue weighted by molar-refractivity contribution is 9.10. The molecule has 0 unspecified atom stereocenters. The maximum absolute atomic E-state index is 13.3. The van der Waals surface area contributed by atoms with Crippen molar-refractivity contribution >= 4 is 61.7 Å². The third-order valence-corrected chi connectivity index (χ3v) is 7.26. The molecule has 0 radical (unpaired) electrons. The minimum atomic E-state index is -0.752. The number of carbonyl (C=O) groups is 2. The van der Waals surface area contributed by atoms with Crippen molar-refractivity contribution in [1.29, 1.82) is 0 Å². The van der Waals surface area contributed by atoms with Gasteiger partial charge in [-0.2, -0.15) is 0 Å². The molecule has 0 heterocycles. The zero-order valence-electron chi connectivity index (χ0n) is 19.3. The molecule has 34 heavy (non-hydrogen) atoms. The Morgan fingerprint density at radius 3 is 2.38 bits per heavy atom. The number of hydrogen-bond acceptors (Lipinski definition) is 3. The van der Waals surface area contributed by atoms with Crippen molar-refractivity contribution < 1.29 is 14.3 Å². The van der Waals surface area contributed by atoms with Gasteiger partial charge in [0.25, 0.3) is 5.91 Å². The summed E-state index contributed by atoms with van der Waals surface area (Å²) in [4.78, 5) is 27.7. The molecule has 8 heteroatoms. The first-order valence-electron chi connectivity index (χ1n) is 11.1. The lowest BCUT2D eigenvalue weighted by Gasteiger charge is -2.30. The van der Waals surface area contributed by atoms with Gasteiger partial charge in [0.15, 0.2) is 6.61 Å². The van der Waals surface area contributed by atoms with E-state index in [0.29, 0.717) is 21.4 Å². The van der Waals surface area contributed by atoms with Gasteiger partial charge in [-0.05, 0) is 65.2 Å². The lowest BCUT2D eigenvalue weighted by Crippen LogP contribution is -2.50. The van der Waals surface area contributed by atoms with E-state index in [4.69, 9.17) is 27.9 Å². The van der Waals surface area contributed by atoms with Gasteiger partial charge in [-0.15, -0.1) is 0 Å². The average Bonchev–Trinajstić information content (AvgIpc) is 2.83. The van der Waals surface area contributed by atoms with Crippen molar-refractivity contribution in [2.45, 2.75) is 45.8 Å². The van der Waals surface area contributed by atoms with Crippen LogP contribution in [-0.4, -0.2) is 35.4 Å². The van der Waals surface area contributed by atoms with Crippen LogP contribution >= 0.6 is 39.1 Å². The van der Waals surface area contributed by atoms with Crippen LogP contribution in [0.3, 0.4) is 0 Å². The molecule has 1 N–H and O–H groups in total. The van der Waals surface area contributed by atoms with E-state index < -0.39 is 6.04 Å². The van der Waals surface area contributed by atoms with E-state index in [1.807, 2.05) is 50.2 Å². The third kappa shape index (κ3) is 6.23. The molecule has 0 saturated carbocycles. The molecule has 0 aliphatic carbocycles. The molecule has 5 nitrogen and oxygen atoms in total. The third-order valence-electron chi connectivity index (χ3n) is 5.74. The molecule has 0 bridgehead atoms. The Hall–Kier alpha value is -2.28. The SMILES string of the molecule is CC[C@@H](C)NC(=O)[C@@H](C)N(Cc1c(Cl)cccc1Cl)C(=O)COc1ccc2ccccc2c1Br. The quantitative estimate of drug-likeness (QED) is 0.317. The fourth-order valence-electron chi connectivity index (χ4n) is 3.45. The van der Waals surface area contributed by atoms with Crippen molar-refractivity contribution in [3.63, 3.8) is 0 Å². The Balaban J connectivity index is 1.84. The zero-order valence-corrected chi connectivity index (χ0v) is 22.4. The van der Waals surface area contributed by atoms with Crippen LogP contribution in [0.25, 0.3) is 10.8 Å². The van der Waals surface area contributed by atoms with Crippen molar-refractivity contribution in [3.8, 4) is 5.75 Å². The number of halogens is 3. The summed E-state index contributed by atoms with van der Waals surface area (Å²) >= 11 is 16.3. The molecular weight excluding hydrogens is 539 g/mol. The second-order valence-electron chi connectivity index (χ2n) is 8.10. The highest BCUT2D eigenvalue weighted by Gasteiger charge is 2.28. The normalized spacial score (nSPS) is 12.8. The van der Waals surface area contributed by atoms with Gasteiger partial charge in [-0.25, -0.2) is 0 Å². The topological polar surface area (TPSA) is 58.6 Å². The number of ether oxygens (including phenoxy) is 1. The standard InChI is InChI=1S/C26H27BrCl2N2O3/c1-4-16(2)30-26(33)17(3)31(14-20-21(28)10-7-11-22(20)29)24(32)15-34-23-13-12-18-8-5-6-9-19(18)25(23)27/h5-13,16-17H,4,14-15H2,1-3H3,(H,30,33)/t16-,17-/m1/s1. The summed E-state index contributed by atoms with van der Waals surface area (Å²) in [6.45, 7) is 5.42. The van der Waals surface area contributed by atoms with Crippen molar-refractivity contribution in [2.75, 3.05) is 6.61 Å². The summed E-state index contributed by atoms with van der Waals surface area (Å²) in [5.41, 5.74) is 0.578. The minimum Gasteiger partial charge on any atom is -0.483 e. The summed E-state index contributed by atoms with van der Waals surface area (Å²) in [6.07, 6.45) is 0.780. The van der Waals surface area contributed by atoms with E-state index in [9.17, 15) is 9.59 Å². The summed E-state index contributed by atoms with van der Waals surface area (Å²) < 4.78 is 6.65. The number of rotatable bonds is 9. The second-order valence-corrected chi connectivity index (χ2v) is 9.71. The van der Waals surface area contributed by atoms with Crippen LogP contribution in [0.1, 0.15) is 32.8 Å². The number of nitrogens with one attached hydrogen (secondary N) is 1. The molecule has 0 aliphatic heterocycles. The number of benzene rings is 3. The number of nitrogens with zero attached hydrogens (tertiary/aromatic N) is 1. The van der Waals surface area contributed by atoms with Crippen LogP contribution in [0.5, 0.6) is 5.75 Å². The fraction of sp³-hybridized carbons (Fsp3) is 0.308. The first kappa shape index (κ1) is 26.3. The van der Waals surface area contributed by atoms with Crippen LogP contribution in [-0.2, 0) is 16.1 Å². The Kier molecular flexibility index (Phi) is 9.23. The van der Waals surface area contributed by atoms with E-state index in [1.54, 1.807) is 25.1 Å². The van der Waals surface area contributed by atoms with Crippen LogP contribution in [0.4, 0.5) is 0 Å². The largest absolute Gasteiger partial charge is 0.483 e. The first-order valence-corrected chi connectivity index (χ1v) is 12.6. The lowest BCUT2D eigenvalue weighted by atomic mass is 10.1. The summed E-state index contributed by atoms with van der Waals surface area (Å²) in [7, 11) is 0. The first-order chi connectivity index (χ1) is 16.2. The molecule has 0 spiro atoms. The fourth-order valence-corrected chi connectivity index (χ4v) is 4.57. The molecular formula is C26H27BrCl2N2O3. The van der Waals surface area contributed by atoms with Gasteiger partial charge in [-0.3, -0.25) is 9.59 Å². The van der Waals surface area contributed by atoms with Crippen LogP contribution in [0.15, 0.2) is 59.1 Å². The predicted molar refractivity (Wildman–Crippen MR) is 142 cm³/mol. The Morgan fingerprint density at radius 1 is 1.03 bits per heavy atom. The van der Waals surface area contributed by atoms with Gasteiger partial charge in [0.2, 0.25) is 5.91 Å². The average molecular weight is 566 g/mol. The van der Waals surface area contributed by atoms with Gasteiger partial charge in [0.1, 0.15) is 11.8 Å². The van der Waals surface area contributed by atoms with Crippen molar-refractivity contribution in [1.82, 2.24) is 10.2 Å². The Labute approximate surface area is 218 Å². The molecule has 3 aromatic rings. The number of amides is 2. The number of fused-ring (bicyclic) bond motifs is 1. The second kappa shape index (κ2) is 11.9. The lowest BCUT2D eigenvalue weighted by molar-refractivity contribution is -0.142. The van der Waals surface area contributed by atoms with E-state index in [1.165, 1.54) is 4.90 Å². The highest BCUT2D eigenvalue weighted by Crippen LogP contribution is 2.33. The Morgan fingerprint density at radius 2 is 1.71 bits per heavy atom. The highest BCUT2D eigenvalue weighted by atomic mass is 79.9. The summed E-state index contributed by atoms with van der Waals surface area (Å²) in [5, 5.41) is 5.83. The van der Waals surface area contributed by atoms with E-state index >= 15 is 0 Å². The number of carbonyl (C=O) groups excluding carboxylic acids is 2. The van der Waals surface area contributed by atoms with Crippen LogP contribution in [0.2, 0.25) is 10.0 Å². The predicted octanol–water partition coefficient (Wildman–Crippen LogP) is 6.62. The van der Waals surface area contributed by atoms with E-state index in [-0.39, 0.29) is 31.0 Å². The summed E-state index contributed by atoms with van der Waals surface area (Å²) in [5.74, 6) is -0.0694. The molecule has 180 valence electrons. The molecule has 2 amide bonds.